The Labute approximate surface area is 246 Å². The lowest BCUT2D eigenvalue weighted by Gasteiger charge is -2.48. The molecule has 15 heteroatoms. The minimum atomic E-state index is -4.54. The van der Waals surface area contributed by atoms with Gasteiger partial charge in [-0.15, -0.1) is 0 Å². The standard InChI is InChI=1S/C26H28ClF4N5O2S.CH2O2/c1-35(2)25(11-8-18-4-6-21(27)20(14-18)26(29,30)31)10-3-13-36(16-25)19-5-7-23(22(28)15-19)39(37,38)34-24-9-12-32-17-33-24;2-1-3/h4-7,9,12,14-15,17H,3,8,10-11,13,16H2,1-2H3,(H,32,33,34);1H,(H,2,3)/t25-;/m0./s1. The number of carboxylic acid groups (broad SMARTS) is 1. The Morgan fingerprint density at radius 1 is 1.19 bits per heavy atom. The maximum atomic E-state index is 15.1. The molecule has 9 nitrogen and oxygen atoms in total. The zero-order valence-electron chi connectivity index (χ0n) is 22.8. The molecule has 0 unspecified atom stereocenters. The zero-order chi connectivity index (χ0) is 31.1. The van der Waals surface area contributed by atoms with Gasteiger partial charge in [-0.25, -0.2) is 22.8 Å². The van der Waals surface area contributed by atoms with E-state index in [-0.39, 0.29) is 17.3 Å². The minimum Gasteiger partial charge on any atom is -0.483 e. The summed E-state index contributed by atoms with van der Waals surface area (Å²) in [6.45, 7) is 0.865. The van der Waals surface area contributed by atoms with Gasteiger partial charge in [-0.3, -0.25) is 9.52 Å². The summed E-state index contributed by atoms with van der Waals surface area (Å²) in [6.07, 6.45) is 0.520. The minimum absolute atomic E-state index is 0.0170. The molecule has 2 N–H and O–H groups in total. The molecule has 3 aromatic rings. The first-order valence-electron chi connectivity index (χ1n) is 12.7. The van der Waals surface area contributed by atoms with Gasteiger partial charge in [-0.1, -0.05) is 17.7 Å². The fourth-order valence-corrected chi connectivity index (χ4v) is 6.19. The third-order valence-electron chi connectivity index (χ3n) is 7.11. The van der Waals surface area contributed by atoms with Crippen molar-refractivity contribution in [1.82, 2.24) is 14.9 Å². The van der Waals surface area contributed by atoms with Crippen molar-refractivity contribution in [2.24, 2.45) is 0 Å². The van der Waals surface area contributed by atoms with Crippen molar-refractivity contribution in [1.29, 1.82) is 0 Å². The van der Waals surface area contributed by atoms with Gasteiger partial charge in [0.05, 0.1) is 10.6 Å². The van der Waals surface area contributed by atoms with Crippen molar-refractivity contribution in [3.05, 3.63) is 77.0 Å². The fourth-order valence-electron chi connectivity index (χ4n) is 4.90. The van der Waals surface area contributed by atoms with Crippen molar-refractivity contribution < 1.29 is 35.9 Å². The summed E-state index contributed by atoms with van der Waals surface area (Å²) in [5, 5.41) is 6.55. The van der Waals surface area contributed by atoms with Gasteiger partial charge in [0.1, 0.15) is 22.9 Å². The second-order valence-electron chi connectivity index (χ2n) is 9.88. The Morgan fingerprint density at radius 2 is 1.90 bits per heavy atom. The van der Waals surface area contributed by atoms with Crippen LogP contribution in [0.1, 0.15) is 30.4 Å². The molecule has 1 saturated heterocycles. The van der Waals surface area contributed by atoms with Crippen LogP contribution < -0.4 is 9.62 Å². The molecule has 1 fully saturated rings. The molecule has 4 rings (SSSR count). The predicted octanol–water partition coefficient (Wildman–Crippen LogP) is 5.32. The number of aryl methyl sites for hydroxylation is 1. The first kappa shape index (κ1) is 33.0. The van der Waals surface area contributed by atoms with Gasteiger partial charge in [0, 0.05) is 30.5 Å². The van der Waals surface area contributed by atoms with Gasteiger partial charge in [0.25, 0.3) is 16.5 Å². The summed E-state index contributed by atoms with van der Waals surface area (Å²) in [7, 11) is -0.379. The number of piperidine rings is 1. The number of alkyl halides is 3. The van der Waals surface area contributed by atoms with Crippen LogP contribution in [0.15, 0.2) is 59.9 Å². The summed E-state index contributed by atoms with van der Waals surface area (Å²) in [5.74, 6) is -0.890. The third kappa shape index (κ3) is 8.07. The van der Waals surface area contributed by atoms with Crippen LogP contribution in [0.2, 0.25) is 5.02 Å². The largest absolute Gasteiger partial charge is 0.483 e. The average molecular weight is 632 g/mol. The van der Waals surface area contributed by atoms with Crippen molar-refractivity contribution in [2.45, 2.75) is 42.3 Å². The number of nitrogens with one attached hydrogen (secondary N) is 1. The van der Waals surface area contributed by atoms with E-state index >= 15 is 4.39 Å². The molecule has 2 aromatic carbocycles. The fraction of sp³-hybridized carbons (Fsp3) is 0.370. The number of benzene rings is 2. The summed E-state index contributed by atoms with van der Waals surface area (Å²) in [4.78, 5) is 19.4. The van der Waals surface area contributed by atoms with Crippen molar-refractivity contribution in [2.75, 3.05) is 36.8 Å². The van der Waals surface area contributed by atoms with E-state index in [1.807, 2.05) is 19.0 Å². The van der Waals surface area contributed by atoms with E-state index in [1.54, 1.807) is 12.1 Å². The van der Waals surface area contributed by atoms with E-state index in [9.17, 15) is 21.6 Å². The van der Waals surface area contributed by atoms with Gasteiger partial charge in [0.15, 0.2) is 0 Å². The predicted molar refractivity (Wildman–Crippen MR) is 151 cm³/mol. The maximum absolute atomic E-state index is 15.1. The molecule has 1 aliphatic heterocycles. The maximum Gasteiger partial charge on any atom is 0.417 e. The van der Waals surface area contributed by atoms with Crippen molar-refractivity contribution in [3.8, 4) is 0 Å². The highest BCUT2D eigenvalue weighted by atomic mass is 35.5. The van der Waals surface area contributed by atoms with Crippen LogP contribution in [0.5, 0.6) is 0 Å². The van der Waals surface area contributed by atoms with E-state index in [0.717, 1.165) is 18.9 Å². The number of hydrogen-bond donors (Lipinski definition) is 2. The monoisotopic (exact) mass is 631 g/mol. The molecule has 1 aromatic heterocycles. The molecule has 228 valence electrons. The van der Waals surface area contributed by atoms with E-state index in [2.05, 4.69) is 19.6 Å². The number of hydrogen-bond acceptors (Lipinski definition) is 7. The summed E-state index contributed by atoms with van der Waals surface area (Å²) in [6, 6.07) is 9.28. The molecule has 0 amide bonds. The topological polar surface area (TPSA) is 116 Å². The second-order valence-corrected chi connectivity index (χ2v) is 11.9. The molecule has 0 bridgehead atoms. The Bertz CT molecular complexity index is 1480. The highest BCUT2D eigenvalue weighted by molar-refractivity contribution is 7.92. The first-order chi connectivity index (χ1) is 19.7. The van der Waals surface area contributed by atoms with E-state index in [1.165, 1.54) is 36.8 Å². The summed E-state index contributed by atoms with van der Waals surface area (Å²) >= 11 is 5.77. The summed E-state index contributed by atoms with van der Waals surface area (Å²) in [5.41, 5.74) is -0.204. The number of anilines is 2. The van der Waals surface area contributed by atoms with Gasteiger partial charge in [-0.05, 0) is 81.7 Å². The molecular formula is C27H30ClF4N5O4S. The molecular weight excluding hydrogens is 602 g/mol. The van der Waals surface area contributed by atoms with Gasteiger partial charge >= 0.3 is 6.18 Å². The summed E-state index contributed by atoms with van der Waals surface area (Å²) < 4.78 is 82.8. The lowest BCUT2D eigenvalue weighted by atomic mass is 9.82. The molecule has 2 heterocycles. The highest BCUT2D eigenvalue weighted by Gasteiger charge is 2.38. The number of likely N-dealkylation sites (N-methyl/N-ethyl adjacent to an activating group) is 1. The SMILES string of the molecule is CN(C)[C@]1(CCc2ccc(Cl)c(C(F)(F)F)c2)CCCN(c2ccc(S(=O)(=O)Nc3ccncn3)c(F)c2)C1.O=CO. The Hall–Kier alpha value is -3.49. The number of nitrogens with zero attached hydrogens (tertiary/aromatic N) is 4. The van der Waals surface area contributed by atoms with Gasteiger partial charge < -0.3 is 14.9 Å². The van der Waals surface area contributed by atoms with Crippen LogP contribution in [0, 0.1) is 5.82 Å². The van der Waals surface area contributed by atoms with Gasteiger partial charge in [0.2, 0.25) is 0 Å². The quantitative estimate of drug-likeness (QED) is 0.254. The Balaban J connectivity index is 0.00000155. The number of halogens is 5. The molecule has 0 radical (unpaired) electrons. The second kappa shape index (κ2) is 13.7. The number of aromatic nitrogens is 2. The lowest BCUT2D eigenvalue weighted by Crippen LogP contribution is -2.56. The van der Waals surface area contributed by atoms with Crippen LogP contribution in [0.4, 0.5) is 29.1 Å². The van der Waals surface area contributed by atoms with E-state index < -0.39 is 38.0 Å². The molecule has 1 atom stereocenters. The number of carbonyl (C=O) groups is 1. The molecule has 1 aliphatic rings. The van der Waals surface area contributed by atoms with Gasteiger partial charge in [-0.2, -0.15) is 13.2 Å². The van der Waals surface area contributed by atoms with Crippen molar-refractivity contribution in [3.63, 3.8) is 0 Å². The van der Waals surface area contributed by atoms with Crippen LogP contribution in [-0.4, -0.2) is 67.6 Å². The van der Waals surface area contributed by atoms with Crippen LogP contribution in [0.3, 0.4) is 0 Å². The molecule has 42 heavy (non-hydrogen) atoms. The molecule has 0 aliphatic carbocycles. The average Bonchev–Trinajstić information content (AvgIpc) is 2.92. The normalized spacial score (nSPS) is 17.4. The smallest absolute Gasteiger partial charge is 0.417 e. The zero-order valence-corrected chi connectivity index (χ0v) is 24.3. The Kier molecular flexibility index (Phi) is 10.7. The molecule has 0 spiro atoms. The lowest BCUT2D eigenvalue weighted by molar-refractivity contribution is -0.137. The van der Waals surface area contributed by atoms with Crippen LogP contribution in [-0.2, 0) is 27.4 Å². The Morgan fingerprint density at radius 3 is 2.50 bits per heavy atom. The third-order valence-corrected chi connectivity index (χ3v) is 8.83. The van der Waals surface area contributed by atoms with E-state index in [0.29, 0.717) is 37.2 Å². The van der Waals surface area contributed by atoms with E-state index in [4.69, 9.17) is 21.5 Å². The van der Waals surface area contributed by atoms with Crippen molar-refractivity contribution >= 4 is 39.6 Å². The number of rotatable bonds is 8. The first-order valence-corrected chi connectivity index (χ1v) is 14.5. The highest BCUT2D eigenvalue weighted by Crippen LogP contribution is 2.37. The number of sulfonamides is 1. The van der Waals surface area contributed by atoms with Crippen LogP contribution >= 0.6 is 11.6 Å². The molecule has 0 saturated carbocycles. The van der Waals surface area contributed by atoms with Crippen LogP contribution in [0.25, 0.3) is 0 Å².